The molecule has 4 nitrogen and oxygen atoms in total. The van der Waals surface area contributed by atoms with E-state index in [2.05, 4.69) is 58.9 Å². The van der Waals surface area contributed by atoms with Gasteiger partial charge < -0.3 is 15.5 Å². The van der Waals surface area contributed by atoms with Gasteiger partial charge in [0.2, 0.25) is 0 Å². The van der Waals surface area contributed by atoms with Gasteiger partial charge in [0.15, 0.2) is 5.96 Å². The number of rotatable bonds is 6. The van der Waals surface area contributed by atoms with Crippen LogP contribution in [0.1, 0.15) is 16.7 Å². The number of hydrogen-bond donors (Lipinski definition) is 2. The maximum atomic E-state index is 13.2. The van der Waals surface area contributed by atoms with E-state index in [1.807, 2.05) is 6.07 Å². The van der Waals surface area contributed by atoms with Gasteiger partial charge in [0.1, 0.15) is 5.82 Å². The van der Waals surface area contributed by atoms with Crippen molar-refractivity contribution in [3.8, 4) is 0 Å². The van der Waals surface area contributed by atoms with E-state index in [0.717, 1.165) is 12.1 Å². The number of hydrogen-bond acceptors (Lipinski definition) is 2. The summed E-state index contributed by atoms with van der Waals surface area (Å²) >= 11 is 0. The zero-order valence-electron chi connectivity index (χ0n) is 14.5. The molecule has 0 radical (unpaired) electrons. The minimum Gasteiger partial charge on any atom is -0.352 e. The predicted molar refractivity (Wildman–Crippen MR) is 97.3 cm³/mol. The number of nitrogens with one attached hydrogen (secondary N) is 2. The number of halogens is 1. The van der Waals surface area contributed by atoms with E-state index in [9.17, 15) is 4.39 Å². The smallest absolute Gasteiger partial charge is 0.191 e. The number of nitrogens with zero attached hydrogens (tertiary/aromatic N) is 2. The Kier molecular flexibility index (Phi) is 6.75. The molecular weight excluding hydrogens is 303 g/mol. The Morgan fingerprint density at radius 2 is 1.54 bits per heavy atom. The van der Waals surface area contributed by atoms with Crippen LogP contribution in [-0.2, 0) is 19.6 Å². The summed E-state index contributed by atoms with van der Waals surface area (Å²) in [5, 5.41) is 6.48. The van der Waals surface area contributed by atoms with Gasteiger partial charge in [0.05, 0.1) is 0 Å². The minimum absolute atomic E-state index is 0.227. The lowest BCUT2D eigenvalue weighted by atomic mass is 10.1. The van der Waals surface area contributed by atoms with Gasteiger partial charge in [-0.15, -0.1) is 0 Å². The first-order chi connectivity index (χ1) is 11.6. The second-order valence-electron chi connectivity index (χ2n) is 5.97. The third-order valence-corrected chi connectivity index (χ3v) is 3.52. The lowest BCUT2D eigenvalue weighted by Gasteiger charge is -2.14. The average molecular weight is 328 g/mol. The highest BCUT2D eigenvalue weighted by molar-refractivity contribution is 5.79. The molecule has 0 atom stereocenters. The van der Waals surface area contributed by atoms with Crippen LogP contribution < -0.4 is 10.6 Å². The van der Waals surface area contributed by atoms with E-state index in [0.29, 0.717) is 19.0 Å². The summed E-state index contributed by atoms with van der Waals surface area (Å²) in [6, 6.07) is 15.0. The van der Waals surface area contributed by atoms with Gasteiger partial charge in [-0.25, -0.2) is 4.39 Å². The van der Waals surface area contributed by atoms with Crippen LogP contribution in [0.3, 0.4) is 0 Å². The van der Waals surface area contributed by atoms with Crippen molar-refractivity contribution < 1.29 is 4.39 Å². The third kappa shape index (κ3) is 6.01. The Hall–Kier alpha value is -2.40. The minimum atomic E-state index is -0.227. The molecule has 128 valence electrons. The Morgan fingerprint density at radius 3 is 2.12 bits per heavy atom. The average Bonchev–Trinajstić information content (AvgIpc) is 2.55. The molecule has 0 aliphatic rings. The van der Waals surface area contributed by atoms with Crippen LogP contribution in [0.25, 0.3) is 0 Å². The van der Waals surface area contributed by atoms with Crippen LogP contribution >= 0.6 is 0 Å². The Bertz CT molecular complexity index is 683. The van der Waals surface area contributed by atoms with E-state index in [-0.39, 0.29) is 5.82 Å². The first kappa shape index (κ1) is 17.9. The Balaban J connectivity index is 1.87. The number of benzene rings is 2. The zero-order valence-corrected chi connectivity index (χ0v) is 14.5. The normalized spacial score (nSPS) is 11.6. The van der Waals surface area contributed by atoms with E-state index in [4.69, 9.17) is 0 Å². The summed E-state index contributed by atoms with van der Waals surface area (Å²) in [6.07, 6.45) is 0. The van der Waals surface area contributed by atoms with Crippen LogP contribution in [0.5, 0.6) is 0 Å². The van der Waals surface area contributed by atoms with Crippen molar-refractivity contribution in [2.24, 2.45) is 4.99 Å². The largest absolute Gasteiger partial charge is 0.352 e. The van der Waals surface area contributed by atoms with Crippen LogP contribution in [0, 0.1) is 5.82 Å². The van der Waals surface area contributed by atoms with Crippen molar-refractivity contribution in [2.75, 3.05) is 21.1 Å². The van der Waals surface area contributed by atoms with Crippen molar-refractivity contribution in [2.45, 2.75) is 19.6 Å². The molecule has 0 bridgehead atoms. The summed E-state index contributed by atoms with van der Waals surface area (Å²) in [5.74, 6) is 0.465. The second-order valence-corrected chi connectivity index (χ2v) is 5.97. The zero-order chi connectivity index (χ0) is 17.4. The molecule has 2 aromatic rings. The first-order valence-corrected chi connectivity index (χ1v) is 7.98. The quantitative estimate of drug-likeness (QED) is 0.633. The fourth-order valence-corrected chi connectivity index (χ4v) is 2.44. The standard InChI is InChI=1S/C19H25FN4/c1-21-19(23-13-16-7-5-9-18(20)11-16)22-12-15-6-4-8-17(10-15)14-24(2)3/h4-11H,12-14H2,1-3H3,(H2,21,22,23). The molecule has 2 N–H and O–H groups in total. The highest BCUT2D eigenvalue weighted by Crippen LogP contribution is 2.07. The van der Waals surface area contributed by atoms with Crippen molar-refractivity contribution in [3.63, 3.8) is 0 Å². The molecule has 5 heteroatoms. The molecule has 0 heterocycles. The molecule has 2 rings (SSSR count). The van der Waals surface area contributed by atoms with Crippen molar-refractivity contribution in [3.05, 3.63) is 71.0 Å². The molecule has 0 aliphatic carbocycles. The van der Waals surface area contributed by atoms with Crippen LogP contribution in [0.15, 0.2) is 53.5 Å². The van der Waals surface area contributed by atoms with Gasteiger partial charge in [0.25, 0.3) is 0 Å². The van der Waals surface area contributed by atoms with E-state index in [1.165, 1.54) is 23.3 Å². The van der Waals surface area contributed by atoms with Gasteiger partial charge in [-0.2, -0.15) is 0 Å². The summed E-state index contributed by atoms with van der Waals surface area (Å²) in [4.78, 5) is 6.35. The number of guanidine groups is 1. The highest BCUT2D eigenvalue weighted by atomic mass is 19.1. The third-order valence-electron chi connectivity index (χ3n) is 3.52. The van der Waals surface area contributed by atoms with Crippen molar-refractivity contribution >= 4 is 5.96 Å². The van der Waals surface area contributed by atoms with E-state index < -0.39 is 0 Å². The molecule has 0 spiro atoms. The maximum Gasteiger partial charge on any atom is 0.191 e. The van der Waals surface area contributed by atoms with Crippen molar-refractivity contribution in [1.29, 1.82) is 0 Å². The molecule has 0 fully saturated rings. The van der Waals surface area contributed by atoms with Gasteiger partial charge in [-0.1, -0.05) is 36.4 Å². The maximum absolute atomic E-state index is 13.2. The molecule has 0 amide bonds. The molecule has 24 heavy (non-hydrogen) atoms. The Labute approximate surface area is 143 Å². The molecule has 0 saturated carbocycles. The molecule has 0 aliphatic heterocycles. The van der Waals surface area contributed by atoms with Crippen LogP contribution in [0.4, 0.5) is 4.39 Å². The van der Waals surface area contributed by atoms with E-state index >= 15 is 0 Å². The van der Waals surface area contributed by atoms with Crippen LogP contribution in [0.2, 0.25) is 0 Å². The van der Waals surface area contributed by atoms with Gasteiger partial charge >= 0.3 is 0 Å². The van der Waals surface area contributed by atoms with E-state index in [1.54, 1.807) is 13.1 Å². The Morgan fingerprint density at radius 1 is 0.958 bits per heavy atom. The topological polar surface area (TPSA) is 39.7 Å². The van der Waals surface area contributed by atoms with Gasteiger partial charge in [0, 0.05) is 26.7 Å². The fourth-order valence-electron chi connectivity index (χ4n) is 2.44. The lowest BCUT2D eigenvalue weighted by Crippen LogP contribution is -2.36. The predicted octanol–water partition coefficient (Wildman–Crippen LogP) is 2.75. The summed E-state index contributed by atoms with van der Waals surface area (Å²) < 4.78 is 13.2. The lowest BCUT2D eigenvalue weighted by molar-refractivity contribution is 0.402. The molecule has 0 aromatic heterocycles. The summed E-state index contributed by atoms with van der Waals surface area (Å²) in [5.41, 5.74) is 3.36. The monoisotopic (exact) mass is 328 g/mol. The van der Waals surface area contributed by atoms with Gasteiger partial charge in [-0.3, -0.25) is 4.99 Å². The summed E-state index contributed by atoms with van der Waals surface area (Å²) in [6.45, 7) is 2.13. The second kappa shape index (κ2) is 9.03. The number of aliphatic imine (C=N–C) groups is 1. The van der Waals surface area contributed by atoms with Gasteiger partial charge in [-0.05, 0) is 42.9 Å². The summed E-state index contributed by atoms with van der Waals surface area (Å²) in [7, 11) is 5.84. The SMILES string of the molecule is CN=C(NCc1cccc(F)c1)NCc1cccc(CN(C)C)c1. The molecule has 0 unspecified atom stereocenters. The molecular formula is C19H25FN4. The highest BCUT2D eigenvalue weighted by Gasteiger charge is 2.02. The fraction of sp³-hybridized carbons (Fsp3) is 0.316. The molecule has 2 aromatic carbocycles. The van der Waals surface area contributed by atoms with Crippen LogP contribution in [-0.4, -0.2) is 32.0 Å². The van der Waals surface area contributed by atoms with Crippen molar-refractivity contribution in [1.82, 2.24) is 15.5 Å². The first-order valence-electron chi connectivity index (χ1n) is 7.98. The molecule has 0 saturated heterocycles.